The van der Waals surface area contributed by atoms with E-state index in [4.69, 9.17) is 0 Å². The summed E-state index contributed by atoms with van der Waals surface area (Å²) in [6.07, 6.45) is 1.97. The zero-order chi connectivity index (χ0) is 9.72. The molecule has 0 bridgehead atoms. The zero-order valence-electron chi connectivity index (χ0n) is 9.17. The van der Waals surface area contributed by atoms with Crippen molar-refractivity contribution in [1.29, 1.82) is 0 Å². The van der Waals surface area contributed by atoms with Crippen LogP contribution in [0, 0.1) is 17.8 Å². The monoisotopic (exact) mass is 172 g/mol. The molecule has 0 amide bonds. The van der Waals surface area contributed by atoms with Crippen LogP contribution in [0.4, 0.5) is 0 Å². The van der Waals surface area contributed by atoms with E-state index in [9.17, 15) is 5.11 Å². The summed E-state index contributed by atoms with van der Waals surface area (Å²) in [7, 11) is 0. The van der Waals surface area contributed by atoms with E-state index in [1.807, 2.05) is 6.92 Å². The Morgan fingerprint density at radius 3 is 1.75 bits per heavy atom. The van der Waals surface area contributed by atoms with E-state index in [0.717, 1.165) is 12.3 Å². The van der Waals surface area contributed by atoms with Crippen LogP contribution in [0.25, 0.3) is 0 Å². The summed E-state index contributed by atoms with van der Waals surface area (Å²) in [6.45, 7) is 10.9. The van der Waals surface area contributed by atoms with Gasteiger partial charge in [-0.3, -0.25) is 0 Å². The molecule has 0 aromatic rings. The molecule has 0 radical (unpaired) electrons. The van der Waals surface area contributed by atoms with E-state index in [2.05, 4.69) is 27.7 Å². The van der Waals surface area contributed by atoms with Crippen molar-refractivity contribution in [2.24, 2.45) is 17.8 Å². The third-order valence-electron chi connectivity index (χ3n) is 3.40. The molecule has 0 saturated carbocycles. The first-order valence-electron chi connectivity index (χ1n) is 5.22. The Morgan fingerprint density at radius 1 is 0.917 bits per heavy atom. The second kappa shape index (κ2) is 5.58. The highest BCUT2D eigenvalue weighted by molar-refractivity contribution is 4.72. The molecule has 0 aromatic heterocycles. The maximum absolute atomic E-state index is 9.64. The van der Waals surface area contributed by atoms with Crippen molar-refractivity contribution in [3.63, 3.8) is 0 Å². The van der Waals surface area contributed by atoms with Crippen LogP contribution in [-0.4, -0.2) is 11.2 Å². The molecule has 0 aliphatic heterocycles. The van der Waals surface area contributed by atoms with Gasteiger partial charge in [-0.1, -0.05) is 41.0 Å². The molecule has 0 aromatic carbocycles. The van der Waals surface area contributed by atoms with Gasteiger partial charge in [-0.05, 0) is 24.2 Å². The van der Waals surface area contributed by atoms with E-state index in [1.165, 1.54) is 6.42 Å². The van der Waals surface area contributed by atoms with Gasteiger partial charge in [-0.2, -0.15) is 0 Å². The van der Waals surface area contributed by atoms with Crippen molar-refractivity contribution in [3.05, 3.63) is 0 Å². The molecule has 12 heavy (non-hydrogen) atoms. The van der Waals surface area contributed by atoms with Crippen molar-refractivity contribution in [2.45, 2.75) is 53.6 Å². The normalized spacial score (nSPS) is 21.5. The summed E-state index contributed by atoms with van der Waals surface area (Å²) in [5, 5.41) is 9.64. The van der Waals surface area contributed by atoms with Crippen LogP contribution in [0.3, 0.4) is 0 Å². The van der Waals surface area contributed by atoms with Gasteiger partial charge in [0.1, 0.15) is 0 Å². The number of hydrogen-bond acceptors (Lipinski definition) is 1. The predicted octanol–water partition coefficient (Wildman–Crippen LogP) is 3.08. The number of aliphatic hydroxyl groups excluding tert-OH is 1. The average molecular weight is 172 g/mol. The first kappa shape index (κ1) is 12.0. The molecule has 0 saturated heterocycles. The van der Waals surface area contributed by atoms with Gasteiger partial charge in [0.2, 0.25) is 0 Å². The van der Waals surface area contributed by atoms with E-state index in [1.54, 1.807) is 0 Å². The van der Waals surface area contributed by atoms with Crippen LogP contribution in [0.5, 0.6) is 0 Å². The van der Waals surface area contributed by atoms with Gasteiger partial charge in [-0.25, -0.2) is 0 Å². The molecule has 0 rings (SSSR count). The third-order valence-corrected chi connectivity index (χ3v) is 3.40. The number of aliphatic hydroxyl groups is 1. The van der Waals surface area contributed by atoms with Gasteiger partial charge >= 0.3 is 0 Å². The molecule has 0 heterocycles. The second-order valence-electron chi connectivity index (χ2n) is 4.08. The molecule has 1 heteroatoms. The Bertz CT molecular complexity index is 97.6. The molecule has 0 aliphatic carbocycles. The first-order valence-corrected chi connectivity index (χ1v) is 5.22. The quantitative estimate of drug-likeness (QED) is 0.675. The SMILES string of the molecule is CCC(C)[C@@H](C)[C@@H](C)[C@H](O)CC. The van der Waals surface area contributed by atoms with Crippen LogP contribution in [0.15, 0.2) is 0 Å². The number of rotatable bonds is 5. The van der Waals surface area contributed by atoms with Gasteiger partial charge in [0, 0.05) is 0 Å². The molecule has 0 aliphatic rings. The summed E-state index contributed by atoms with van der Waals surface area (Å²) >= 11 is 0. The Hall–Kier alpha value is -0.0400. The Kier molecular flexibility index (Phi) is 5.56. The highest BCUT2D eigenvalue weighted by Gasteiger charge is 2.22. The van der Waals surface area contributed by atoms with Crippen molar-refractivity contribution in [3.8, 4) is 0 Å². The molecule has 1 N–H and O–H groups in total. The van der Waals surface area contributed by atoms with Gasteiger partial charge < -0.3 is 5.11 Å². The van der Waals surface area contributed by atoms with Crippen molar-refractivity contribution < 1.29 is 5.11 Å². The van der Waals surface area contributed by atoms with Crippen LogP contribution in [-0.2, 0) is 0 Å². The second-order valence-corrected chi connectivity index (χ2v) is 4.08. The van der Waals surface area contributed by atoms with Crippen LogP contribution in [0.2, 0.25) is 0 Å². The van der Waals surface area contributed by atoms with Crippen molar-refractivity contribution >= 4 is 0 Å². The van der Waals surface area contributed by atoms with Crippen LogP contribution < -0.4 is 0 Å². The van der Waals surface area contributed by atoms with Gasteiger partial charge in [0.15, 0.2) is 0 Å². The van der Waals surface area contributed by atoms with Crippen LogP contribution in [0.1, 0.15) is 47.5 Å². The maximum Gasteiger partial charge on any atom is 0.0565 e. The molecular formula is C11H24O. The summed E-state index contributed by atoms with van der Waals surface area (Å²) in [5.74, 6) is 1.79. The number of hydrogen-bond donors (Lipinski definition) is 1. The third kappa shape index (κ3) is 3.14. The molecule has 1 unspecified atom stereocenters. The molecule has 0 fully saturated rings. The minimum Gasteiger partial charge on any atom is -0.393 e. The van der Waals surface area contributed by atoms with E-state index in [-0.39, 0.29) is 6.10 Å². The van der Waals surface area contributed by atoms with Crippen LogP contribution >= 0.6 is 0 Å². The maximum atomic E-state index is 9.64. The fraction of sp³-hybridized carbons (Fsp3) is 1.00. The standard InChI is InChI=1S/C11H24O/c1-6-8(3)9(4)10(5)11(12)7-2/h8-12H,6-7H2,1-5H3/t8?,9-,10-,11-/m1/s1. The van der Waals surface area contributed by atoms with E-state index < -0.39 is 0 Å². The molecule has 4 atom stereocenters. The van der Waals surface area contributed by atoms with Gasteiger partial charge in [0.25, 0.3) is 0 Å². The van der Waals surface area contributed by atoms with Crippen molar-refractivity contribution in [1.82, 2.24) is 0 Å². The molecule has 0 spiro atoms. The first-order chi connectivity index (χ1) is 5.54. The Labute approximate surface area is 77.2 Å². The highest BCUT2D eigenvalue weighted by Crippen LogP contribution is 2.26. The lowest BCUT2D eigenvalue weighted by atomic mass is 9.80. The Balaban J connectivity index is 3.99. The summed E-state index contributed by atoms with van der Waals surface area (Å²) in [5.41, 5.74) is 0. The molecular weight excluding hydrogens is 148 g/mol. The van der Waals surface area contributed by atoms with E-state index in [0.29, 0.717) is 11.8 Å². The van der Waals surface area contributed by atoms with Gasteiger partial charge in [0.05, 0.1) is 6.10 Å². The van der Waals surface area contributed by atoms with Crippen molar-refractivity contribution in [2.75, 3.05) is 0 Å². The van der Waals surface area contributed by atoms with E-state index >= 15 is 0 Å². The minimum absolute atomic E-state index is 0.117. The molecule has 74 valence electrons. The van der Waals surface area contributed by atoms with Gasteiger partial charge in [-0.15, -0.1) is 0 Å². The lowest BCUT2D eigenvalue weighted by Gasteiger charge is -2.28. The zero-order valence-corrected chi connectivity index (χ0v) is 9.17. The highest BCUT2D eigenvalue weighted by atomic mass is 16.3. The fourth-order valence-electron chi connectivity index (χ4n) is 1.61. The summed E-state index contributed by atoms with van der Waals surface area (Å²) in [4.78, 5) is 0. The lowest BCUT2D eigenvalue weighted by molar-refractivity contribution is 0.0666. The summed E-state index contributed by atoms with van der Waals surface area (Å²) in [6, 6.07) is 0. The smallest absolute Gasteiger partial charge is 0.0565 e. The minimum atomic E-state index is -0.117. The molecule has 1 nitrogen and oxygen atoms in total. The Morgan fingerprint density at radius 2 is 1.42 bits per heavy atom. The summed E-state index contributed by atoms with van der Waals surface area (Å²) < 4.78 is 0. The lowest BCUT2D eigenvalue weighted by Crippen LogP contribution is -2.26. The fourth-order valence-corrected chi connectivity index (χ4v) is 1.61. The average Bonchev–Trinajstić information content (AvgIpc) is 2.12. The predicted molar refractivity (Wildman–Crippen MR) is 54.1 cm³/mol. The topological polar surface area (TPSA) is 20.2 Å². The largest absolute Gasteiger partial charge is 0.393 e.